The van der Waals surface area contributed by atoms with Crippen LogP contribution in [0.3, 0.4) is 0 Å². The Morgan fingerprint density at radius 1 is 1.25 bits per heavy atom. The molecule has 32 heavy (non-hydrogen) atoms. The number of methoxy groups -OCH3 is 1. The van der Waals surface area contributed by atoms with Crippen molar-refractivity contribution in [1.82, 2.24) is 30.0 Å². The van der Waals surface area contributed by atoms with Crippen LogP contribution in [0.4, 0.5) is 0 Å². The van der Waals surface area contributed by atoms with Gasteiger partial charge in [-0.3, -0.25) is 9.69 Å². The minimum atomic E-state index is -0.272. The summed E-state index contributed by atoms with van der Waals surface area (Å²) in [5.41, 5.74) is 3.34. The average molecular weight is 436 g/mol. The van der Waals surface area contributed by atoms with Crippen molar-refractivity contribution in [2.24, 2.45) is 0 Å². The standard InChI is InChI=1S/C22H24N6O4/c1-26(2)22(29)14-6-5-7-15(10-14)28-21(23-24-25-28)18-17-13(8-9-27(18)3)11-16-19(20(17)30-4)32-12-31-16/h5-7,10-11,18H,8-9,12H2,1-4H3/t18-/m1/s1. The quantitative estimate of drug-likeness (QED) is 0.610. The highest BCUT2D eigenvalue weighted by atomic mass is 16.7. The summed E-state index contributed by atoms with van der Waals surface area (Å²) in [7, 11) is 7.11. The number of benzene rings is 2. The van der Waals surface area contributed by atoms with Crippen LogP contribution in [0.2, 0.25) is 0 Å². The summed E-state index contributed by atoms with van der Waals surface area (Å²) in [5.74, 6) is 2.47. The highest BCUT2D eigenvalue weighted by molar-refractivity contribution is 5.94. The van der Waals surface area contributed by atoms with E-state index in [4.69, 9.17) is 14.2 Å². The van der Waals surface area contributed by atoms with E-state index < -0.39 is 0 Å². The molecule has 1 atom stereocenters. The van der Waals surface area contributed by atoms with Gasteiger partial charge >= 0.3 is 0 Å². The van der Waals surface area contributed by atoms with Crippen LogP contribution in [-0.4, -0.2) is 77.5 Å². The first-order valence-electron chi connectivity index (χ1n) is 10.3. The molecule has 0 saturated heterocycles. The van der Waals surface area contributed by atoms with E-state index in [-0.39, 0.29) is 18.7 Å². The van der Waals surface area contributed by atoms with Crippen LogP contribution in [0.25, 0.3) is 5.69 Å². The van der Waals surface area contributed by atoms with E-state index in [0.717, 1.165) is 24.1 Å². The molecule has 5 rings (SSSR count). The second kappa shape index (κ2) is 7.79. The number of carbonyl (C=O) groups excluding carboxylic acids is 1. The van der Waals surface area contributed by atoms with Gasteiger partial charge in [-0.1, -0.05) is 6.07 Å². The first-order valence-corrected chi connectivity index (χ1v) is 10.3. The minimum Gasteiger partial charge on any atom is -0.492 e. The molecule has 0 N–H and O–H groups in total. The van der Waals surface area contributed by atoms with Crippen molar-refractivity contribution in [3.8, 4) is 22.9 Å². The van der Waals surface area contributed by atoms with E-state index in [1.54, 1.807) is 38.0 Å². The Morgan fingerprint density at radius 2 is 2.09 bits per heavy atom. The Bertz CT molecular complexity index is 1190. The lowest BCUT2D eigenvalue weighted by Gasteiger charge is -2.34. The molecule has 10 heteroatoms. The molecule has 1 aromatic heterocycles. The zero-order valence-corrected chi connectivity index (χ0v) is 18.4. The summed E-state index contributed by atoms with van der Waals surface area (Å²) in [5, 5.41) is 12.6. The molecule has 3 heterocycles. The average Bonchev–Trinajstić information content (AvgIpc) is 3.46. The van der Waals surface area contributed by atoms with Gasteiger partial charge in [0, 0.05) is 31.8 Å². The van der Waals surface area contributed by atoms with Crippen LogP contribution >= 0.6 is 0 Å². The first-order chi connectivity index (χ1) is 15.5. The number of hydrogen-bond acceptors (Lipinski definition) is 8. The van der Waals surface area contributed by atoms with Gasteiger partial charge in [-0.15, -0.1) is 5.10 Å². The Kier molecular flexibility index (Phi) is 4.93. The topological polar surface area (TPSA) is 94.8 Å². The van der Waals surface area contributed by atoms with Gasteiger partial charge in [0.15, 0.2) is 17.3 Å². The fraction of sp³-hybridized carbons (Fsp3) is 0.364. The second-order valence-corrected chi connectivity index (χ2v) is 8.05. The van der Waals surface area contributed by atoms with E-state index in [1.165, 1.54) is 4.90 Å². The van der Waals surface area contributed by atoms with Crippen molar-refractivity contribution in [2.45, 2.75) is 12.5 Å². The Labute approximate surface area is 185 Å². The molecule has 0 bridgehead atoms. The molecule has 1 amide bonds. The molecule has 2 aromatic carbocycles. The van der Waals surface area contributed by atoms with Crippen LogP contribution in [0.15, 0.2) is 30.3 Å². The fourth-order valence-corrected chi connectivity index (χ4v) is 4.34. The van der Waals surface area contributed by atoms with Crippen molar-refractivity contribution in [3.05, 3.63) is 52.8 Å². The predicted molar refractivity (Wildman–Crippen MR) is 114 cm³/mol. The maximum atomic E-state index is 12.5. The number of amides is 1. The molecule has 0 unspecified atom stereocenters. The molecule has 166 valence electrons. The number of likely N-dealkylation sites (N-methyl/N-ethyl adjacent to an activating group) is 1. The SMILES string of the molecule is COc1c2c(cc3c1[C@H](c1nnnn1-c1cccc(C(=O)N(C)C)c1)N(C)CC3)OCO2. The summed E-state index contributed by atoms with van der Waals surface area (Å²) in [6.45, 7) is 0.978. The Morgan fingerprint density at radius 3 is 2.88 bits per heavy atom. The van der Waals surface area contributed by atoms with E-state index >= 15 is 0 Å². The lowest BCUT2D eigenvalue weighted by Crippen LogP contribution is -2.35. The van der Waals surface area contributed by atoms with E-state index in [0.29, 0.717) is 34.3 Å². The molecule has 0 aliphatic carbocycles. The van der Waals surface area contributed by atoms with Gasteiger partial charge < -0.3 is 19.1 Å². The van der Waals surface area contributed by atoms with Crippen LogP contribution in [0.5, 0.6) is 17.2 Å². The number of aromatic nitrogens is 4. The van der Waals surface area contributed by atoms with Gasteiger partial charge in [-0.05, 0) is 53.7 Å². The maximum absolute atomic E-state index is 12.5. The van der Waals surface area contributed by atoms with Crippen molar-refractivity contribution in [2.75, 3.05) is 41.6 Å². The first kappa shape index (κ1) is 20.3. The Balaban J connectivity index is 1.64. The highest BCUT2D eigenvalue weighted by Gasteiger charge is 2.37. The third-order valence-electron chi connectivity index (χ3n) is 5.88. The van der Waals surface area contributed by atoms with E-state index in [9.17, 15) is 4.79 Å². The van der Waals surface area contributed by atoms with Crippen LogP contribution in [0.1, 0.15) is 33.4 Å². The minimum absolute atomic E-state index is 0.0871. The number of nitrogens with zero attached hydrogens (tertiary/aromatic N) is 6. The number of tetrazole rings is 1. The van der Waals surface area contributed by atoms with Gasteiger partial charge in [-0.25, -0.2) is 0 Å². The lowest BCUT2D eigenvalue weighted by atomic mass is 9.90. The smallest absolute Gasteiger partial charge is 0.253 e. The number of hydrogen-bond donors (Lipinski definition) is 0. The molecule has 2 aliphatic rings. The fourth-order valence-electron chi connectivity index (χ4n) is 4.34. The summed E-state index contributed by atoms with van der Waals surface area (Å²) < 4.78 is 18.8. The molecule has 0 spiro atoms. The molecule has 0 fully saturated rings. The molecular weight excluding hydrogens is 412 g/mol. The largest absolute Gasteiger partial charge is 0.492 e. The predicted octanol–water partition coefficient (Wildman–Crippen LogP) is 1.68. The normalized spacial score (nSPS) is 17.2. The van der Waals surface area contributed by atoms with Crippen molar-refractivity contribution in [1.29, 1.82) is 0 Å². The zero-order valence-electron chi connectivity index (χ0n) is 18.4. The molecule has 10 nitrogen and oxygen atoms in total. The van der Waals surface area contributed by atoms with Crippen molar-refractivity contribution >= 4 is 5.91 Å². The van der Waals surface area contributed by atoms with E-state index in [2.05, 4.69) is 20.4 Å². The number of carbonyl (C=O) groups is 1. The zero-order chi connectivity index (χ0) is 22.4. The van der Waals surface area contributed by atoms with Gasteiger partial charge in [0.2, 0.25) is 12.5 Å². The van der Waals surface area contributed by atoms with Gasteiger partial charge in [0.25, 0.3) is 5.91 Å². The summed E-state index contributed by atoms with van der Waals surface area (Å²) in [4.78, 5) is 16.2. The number of fused-ring (bicyclic) bond motifs is 2. The van der Waals surface area contributed by atoms with Gasteiger partial charge in [0.05, 0.1) is 12.8 Å². The highest BCUT2D eigenvalue weighted by Crippen LogP contribution is 2.50. The molecular formula is C22H24N6O4. The van der Waals surface area contributed by atoms with Crippen molar-refractivity contribution < 1.29 is 19.0 Å². The third-order valence-corrected chi connectivity index (χ3v) is 5.88. The van der Waals surface area contributed by atoms with Crippen LogP contribution < -0.4 is 14.2 Å². The van der Waals surface area contributed by atoms with Crippen LogP contribution in [0, 0.1) is 0 Å². The molecule has 0 radical (unpaired) electrons. The summed E-state index contributed by atoms with van der Waals surface area (Å²) >= 11 is 0. The van der Waals surface area contributed by atoms with Gasteiger partial charge in [-0.2, -0.15) is 4.68 Å². The molecule has 0 saturated carbocycles. The third kappa shape index (κ3) is 3.14. The van der Waals surface area contributed by atoms with Gasteiger partial charge in [0.1, 0.15) is 6.04 Å². The molecule has 2 aliphatic heterocycles. The van der Waals surface area contributed by atoms with Crippen molar-refractivity contribution in [3.63, 3.8) is 0 Å². The number of ether oxygens (including phenoxy) is 3. The monoisotopic (exact) mass is 436 g/mol. The van der Waals surface area contributed by atoms with E-state index in [1.807, 2.05) is 25.2 Å². The second-order valence-electron chi connectivity index (χ2n) is 8.05. The Hall–Kier alpha value is -3.66. The van der Waals surface area contributed by atoms with Crippen LogP contribution in [-0.2, 0) is 6.42 Å². The number of rotatable bonds is 4. The maximum Gasteiger partial charge on any atom is 0.253 e. The molecule has 3 aromatic rings. The summed E-state index contributed by atoms with van der Waals surface area (Å²) in [6, 6.07) is 9.03. The lowest BCUT2D eigenvalue weighted by molar-refractivity contribution is 0.0827. The summed E-state index contributed by atoms with van der Waals surface area (Å²) in [6.07, 6.45) is 0.837.